The van der Waals surface area contributed by atoms with Gasteiger partial charge in [-0.3, -0.25) is 4.90 Å². The van der Waals surface area contributed by atoms with E-state index in [2.05, 4.69) is 41.6 Å². The standard InChI is InChI=1S/C19H18F3N7.C5H4N4/c20-19(21,22)18-25-24-16-6-7-17(26-29(16)18)28-9-1-8-27(10-11-28)13-15-4-2-14(12-23)3-5-15;1-2-5-8-6-4-9(5)7-3-1/h2-7H,1,8-11,13H2;1-4H. The van der Waals surface area contributed by atoms with Crippen LogP contribution in [-0.2, 0) is 12.7 Å². The summed E-state index contributed by atoms with van der Waals surface area (Å²) in [7, 11) is 0. The van der Waals surface area contributed by atoms with Crippen molar-refractivity contribution in [3.05, 3.63) is 78.0 Å². The summed E-state index contributed by atoms with van der Waals surface area (Å²) >= 11 is 0. The minimum Gasteiger partial charge on any atom is -0.354 e. The van der Waals surface area contributed by atoms with Crippen LogP contribution in [0.5, 0.6) is 0 Å². The number of rotatable bonds is 3. The molecule has 0 spiro atoms. The third kappa shape index (κ3) is 5.68. The van der Waals surface area contributed by atoms with Crippen LogP contribution in [0.4, 0.5) is 19.0 Å². The van der Waals surface area contributed by atoms with E-state index in [4.69, 9.17) is 5.26 Å². The summed E-state index contributed by atoms with van der Waals surface area (Å²) in [6, 6.07) is 16.5. The van der Waals surface area contributed by atoms with Gasteiger partial charge in [-0.2, -0.15) is 28.0 Å². The fourth-order valence-electron chi connectivity index (χ4n) is 4.10. The van der Waals surface area contributed by atoms with Crippen molar-refractivity contribution in [3.63, 3.8) is 0 Å². The Morgan fingerprint density at radius 3 is 2.50 bits per heavy atom. The second-order valence-corrected chi connectivity index (χ2v) is 8.57. The molecule has 0 bridgehead atoms. The number of hydrogen-bond acceptors (Lipinski definition) is 9. The van der Waals surface area contributed by atoms with Gasteiger partial charge < -0.3 is 4.90 Å². The van der Waals surface area contributed by atoms with E-state index in [9.17, 15) is 13.2 Å². The lowest BCUT2D eigenvalue weighted by molar-refractivity contribution is -0.146. The van der Waals surface area contributed by atoms with E-state index in [0.717, 1.165) is 41.8 Å². The van der Waals surface area contributed by atoms with Crippen molar-refractivity contribution in [2.45, 2.75) is 19.1 Å². The van der Waals surface area contributed by atoms with E-state index >= 15 is 0 Å². The Balaban J connectivity index is 0.000000273. The van der Waals surface area contributed by atoms with Gasteiger partial charge in [-0.15, -0.1) is 25.5 Å². The zero-order valence-corrected chi connectivity index (χ0v) is 20.1. The molecule has 1 fully saturated rings. The zero-order chi connectivity index (χ0) is 26.5. The molecule has 5 aromatic rings. The molecule has 0 amide bonds. The largest absolute Gasteiger partial charge is 0.453 e. The van der Waals surface area contributed by atoms with Crippen LogP contribution in [0.15, 0.2) is 61.1 Å². The lowest BCUT2D eigenvalue weighted by Gasteiger charge is -2.22. The predicted molar refractivity (Wildman–Crippen MR) is 130 cm³/mol. The molecule has 11 nitrogen and oxygen atoms in total. The van der Waals surface area contributed by atoms with Gasteiger partial charge in [0.05, 0.1) is 11.6 Å². The number of nitrogens with zero attached hydrogens (tertiary/aromatic N) is 11. The topological polar surface area (TPSA) is 116 Å². The monoisotopic (exact) mass is 521 g/mol. The molecule has 6 rings (SSSR count). The van der Waals surface area contributed by atoms with Crippen LogP contribution in [0.1, 0.15) is 23.4 Å². The Hall–Kier alpha value is -4.64. The summed E-state index contributed by atoms with van der Waals surface area (Å²) in [6.45, 7) is 3.74. The van der Waals surface area contributed by atoms with Gasteiger partial charge in [-0.1, -0.05) is 12.1 Å². The second-order valence-electron chi connectivity index (χ2n) is 8.57. The first-order valence-corrected chi connectivity index (χ1v) is 11.8. The Morgan fingerprint density at radius 2 is 1.74 bits per heavy atom. The van der Waals surface area contributed by atoms with Gasteiger partial charge in [0.25, 0.3) is 5.82 Å². The Bertz CT molecular complexity index is 1520. The molecule has 1 aliphatic rings. The molecule has 1 saturated heterocycles. The maximum absolute atomic E-state index is 13.1. The maximum Gasteiger partial charge on any atom is 0.453 e. The number of nitriles is 1. The summed E-state index contributed by atoms with van der Waals surface area (Å²) in [5.74, 6) is -0.644. The molecular formula is C24H22F3N11. The van der Waals surface area contributed by atoms with Crippen LogP contribution in [-0.4, -0.2) is 70.7 Å². The summed E-state index contributed by atoms with van der Waals surface area (Å²) in [5, 5.41) is 31.2. The van der Waals surface area contributed by atoms with Crippen LogP contribution in [0.3, 0.4) is 0 Å². The van der Waals surface area contributed by atoms with E-state index in [-0.39, 0.29) is 5.65 Å². The van der Waals surface area contributed by atoms with Crippen LogP contribution >= 0.6 is 0 Å². The predicted octanol–water partition coefficient (Wildman–Crippen LogP) is 2.85. The molecule has 5 heterocycles. The fraction of sp³-hybridized carbons (Fsp3) is 0.292. The molecule has 0 radical (unpaired) electrons. The Labute approximate surface area is 214 Å². The van der Waals surface area contributed by atoms with Crippen LogP contribution < -0.4 is 4.90 Å². The number of halogens is 3. The number of aromatic nitrogens is 8. The van der Waals surface area contributed by atoms with Gasteiger partial charge in [-0.05, 0) is 48.4 Å². The van der Waals surface area contributed by atoms with Crippen molar-refractivity contribution in [2.75, 3.05) is 31.1 Å². The highest BCUT2D eigenvalue weighted by Gasteiger charge is 2.37. The SMILES string of the molecule is N#Cc1ccc(CN2CCCN(c3ccc4nnc(C(F)(F)F)n4n3)CC2)cc1.c1cnn2cnnc2c1. The number of hydrogen-bond donors (Lipinski definition) is 0. The number of anilines is 1. The van der Waals surface area contributed by atoms with Crippen LogP contribution in [0.25, 0.3) is 11.3 Å². The first-order chi connectivity index (χ1) is 18.4. The van der Waals surface area contributed by atoms with Crippen molar-refractivity contribution in [1.29, 1.82) is 5.26 Å². The summed E-state index contributed by atoms with van der Waals surface area (Å²) in [4.78, 5) is 4.28. The average molecular weight is 522 g/mol. The number of alkyl halides is 3. The first kappa shape index (κ1) is 25.0. The summed E-state index contributed by atoms with van der Waals surface area (Å²) in [5.41, 5.74) is 2.59. The van der Waals surface area contributed by atoms with Crippen molar-refractivity contribution >= 4 is 17.1 Å². The van der Waals surface area contributed by atoms with E-state index in [1.807, 2.05) is 29.2 Å². The maximum atomic E-state index is 13.1. The second kappa shape index (κ2) is 10.8. The smallest absolute Gasteiger partial charge is 0.354 e. The highest BCUT2D eigenvalue weighted by molar-refractivity contribution is 5.46. The molecular weight excluding hydrogens is 499 g/mol. The quantitative estimate of drug-likeness (QED) is 0.353. The molecule has 14 heteroatoms. The van der Waals surface area contributed by atoms with Crippen molar-refractivity contribution in [1.82, 2.24) is 44.5 Å². The molecule has 0 saturated carbocycles. The third-order valence-corrected chi connectivity index (χ3v) is 5.98. The average Bonchev–Trinajstić information content (AvgIpc) is 3.52. The van der Waals surface area contributed by atoms with Gasteiger partial charge in [0.1, 0.15) is 12.1 Å². The molecule has 0 N–H and O–H groups in total. The molecule has 0 atom stereocenters. The molecule has 38 heavy (non-hydrogen) atoms. The molecule has 194 valence electrons. The van der Waals surface area contributed by atoms with Crippen molar-refractivity contribution in [2.24, 2.45) is 0 Å². The van der Waals surface area contributed by atoms with Crippen molar-refractivity contribution < 1.29 is 13.2 Å². The highest BCUT2D eigenvalue weighted by atomic mass is 19.4. The summed E-state index contributed by atoms with van der Waals surface area (Å²) in [6.07, 6.45) is -0.488. The number of benzene rings is 1. The van der Waals surface area contributed by atoms with Crippen molar-refractivity contribution in [3.8, 4) is 6.07 Å². The van der Waals surface area contributed by atoms with E-state index in [1.165, 1.54) is 6.07 Å². The van der Waals surface area contributed by atoms with Gasteiger partial charge >= 0.3 is 6.18 Å². The molecule has 1 aromatic carbocycles. The van der Waals surface area contributed by atoms with Gasteiger partial charge in [0, 0.05) is 38.9 Å². The Morgan fingerprint density at radius 1 is 0.895 bits per heavy atom. The molecule has 4 aromatic heterocycles. The lowest BCUT2D eigenvalue weighted by atomic mass is 10.1. The number of fused-ring (bicyclic) bond motifs is 2. The van der Waals surface area contributed by atoms with Crippen LogP contribution in [0.2, 0.25) is 0 Å². The minimum absolute atomic E-state index is 0.0679. The van der Waals surface area contributed by atoms with E-state index in [1.54, 1.807) is 35.2 Å². The van der Waals surface area contributed by atoms with E-state index in [0.29, 0.717) is 24.5 Å². The minimum atomic E-state index is -4.61. The third-order valence-electron chi connectivity index (χ3n) is 5.98. The van der Waals surface area contributed by atoms with Gasteiger partial charge in [-0.25, -0.2) is 4.52 Å². The molecule has 0 unspecified atom stereocenters. The fourth-order valence-corrected chi connectivity index (χ4v) is 4.10. The lowest BCUT2D eigenvalue weighted by Crippen LogP contribution is -2.31. The van der Waals surface area contributed by atoms with E-state index < -0.39 is 12.0 Å². The normalized spacial score (nSPS) is 14.6. The summed E-state index contributed by atoms with van der Waals surface area (Å²) < 4.78 is 41.7. The van der Waals surface area contributed by atoms with Gasteiger partial charge in [0.15, 0.2) is 11.3 Å². The van der Waals surface area contributed by atoms with Gasteiger partial charge in [0.2, 0.25) is 0 Å². The molecule has 0 aliphatic carbocycles. The highest BCUT2D eigenvalue weighted by Crippen LogP contribution is 2.28. The Kier molecular flexibility index (Phi) is 7.09. The zero-order valence-electron chi connectivity index (χ0n) is 20.1. The first-order valence-electron chi connectivity index (χ1n) is 11.8. The molecule has 1 aliphatic heterocycles. The van der Waals surface area contributed by atoms with Crippen LogP contribution in [0, 0.1) is 11.3 Å².